The first-order valence-electron chi connectivity index (χ1n) is 5.97. The van der Waals surface area contributed by atoms with Crippen molar-refractivity contribution < 1.29 is 9.21 Å². The maximum absolute atomic E-state index is 12.2. The standard InChI is InChI=1S/C13H21NO2S/c1-5-17-9-7-10(2)14(4)13(15)12-6-8-16-11(12)3/h6,8,10H,5,7,9H2,1-4H3/t10-/m0/s1. The lowest BCUT2D eigenvalue weighted by molar-refractivity contribution is 0.0739. The fraction of sp³-hybridized carbons (Fsp3) is 0.615. The van der Waals surface area contributed by atoms with Crippen LogP contribution in [0.2, 0.25) is 0 Å². The Balaban J connectivity index is 2.54. The molecule has 1 atom stereocenters. The zero-order valence-electron chi connectivity index (χ0n) is 11.0. The van der Waals surface area contributed by atoms with Crippen LogP contribution >= 0.6 is 11.8 Å². The predicted molar refractivity (Wildman–Crippen MR) is 72.6 cm³/mol. The summed E-state index contributed by atoms with van der Waals surface area (Å²) in [7, 11) is 1.86. The van der Waals surface area contributed by atoms with Gasteiger partial charge in [0.25, 0.3) is 5.91 Å². The summed E-state index contributed by atoms with van der Waals surface area (Å²) in [5.41, 5.74) is 0.669. The summed E-state index contributed by atoms with van der Waals surface area (Å²) in [6.07, 6.45) is 2.59. The molecule has 1 heterocycles. The Morgan fingerprint density at radius 1 is 1.59 bits per heavy atom. The minimum atomic E-state index is 0.0465. The van der Waals surface area contributed by atoms with E-state index in [1.807, 2.05) is 25.7 Å². The molecule has 1 aromatic heterocycles. The topological polar surface area (TPSA) is 33.5 Å². The second kappa shape index (κ2) is 6.74. The molecule has 3 nitrogen and oxygen atoms in total. The van der Waals surface area contributed by atoms with Crippen LogP contribution in [0, 0.1) is 6.92 Å². The molecule has 0 radical (unpaired) electrons. The molecule has 0 spiro atoms. The molecular weight excluding hydrogens is 234 g/mol. The highest BCUT2D eigenvalue weighted by Crippen LogP contribution is 2.15. The second-order valence-electron chi connectivity index (χ2n) is 4.14. The number of carbonyl (C=O) groups excluding carboxylic acids is 1. The molecule has 0 unspecified atom stereocenters. The molecule has 0 aliphatic heterocycles. The molecule has 0 saturated carbocycles. The molecular formula is C13H21NO2S. The molecule has 0 N–H and O–H groups in total. The van der Waals surface area contributed by atoms with Crippen molar-refractivity contribution in [1.29, 1.82) is 0 Å². The maximum Gasteiger partial charge on any atom is 0.257 e. The molecule has 4 heteroatoms. The Morgan fingerprint density at radius 2 is 2.29 bits per heavy atom. The van der Waals surface area contributed by atoms with Gasteiger partial charge in [-0.15, -0.1) is 0 Å². The molecule has 1 amide bonds. The first-order valence-corrected chi connectivity index (χ1v) is 7.12. The minimum Gasteiger partial charge on any atom is -0.469 e. The molecule has 0 aliphatic rings. The van der Waals surface area contributed by atoms with E-state index in [0.29, 0.717) is 11.3 Å². The van der Waals surface area contributed by atoms with Crippen molar-refractivity contribution in [1.82, 2.24) is 4.90 Å². The quantitative estimate of drug-likeness (QED) is 0.732. The Morgan fingerprint density at radius 3 is 2.82 bits per heavy atom. The molecule has 17 heavy (non-hydrogen) atoms. The van der Waals surface area contributed by atoms with Gasteiger partial charge in [0.15, 0.2) is 0 Å². The van der Waals surface area contributed by atoms with E-state index in [4.69, 9.17) is 4.42 Å². The van der Waals surface area contributed by atoms with Crippen LogP contribution in [0.4, 0.5) is 0 Å². The van der Waals surface area contributed by atoms with E-state index in [2.05, 4.69) is 13.8 Å². The third-order valence-electron chi connectivity index (χ3n) is 2.95. The summed E-state index contributed by atoms with van der Waals surface area (Å²) in [5.74, 6) is 2.97. The van der Waals surface area contributed by atoms with E-state index >= 15 is 0 Å². The number of amides is 1. The highest BCUT2D eigenvalue weighted by atomic mass is 32.2. The molecule has 0 aromatic carbocycles. The lowest BCUT2D eigenvalue weighted by atomic mass is 10.2. The molecule has 0 saturated heterocycles. The van der Waals surface area contributed by atoms with Gasteiger partial charge in [0.05, 0.1) is 11.8 Å². The van der Waals surface area contributed by atoms with E-state index in [1.165, 1.54) is 0 Å². The van der Waals surface area contributed by atoms with Crippen molar-refractivity contribution in [2.45, 2.75) is 33.2 Å². The summed E-state index contributed by atoms with van der Waals surface area (Å²) in [6.45, 7) is 6.06. The number of hydrogen-bond donors (Lipinski definition) is 0. The molecule has 0 fully saturated rings. The molecule has 96 valence electrons. The van der Waals surface area contributed by atoms with Crippen molar-refractivity contribution in [3.63, 3.8) is 0 Å². The van der Waals surface area contributed by atoms with Crippen molar-refractivity contribution >= 4 is 17.7 Å². The van der Waals surface area contributed by atoms with Gasteiger partial charge in [0.2, 0.25) is 0 Å². The number of furan rings is 1. The van der Waals surface area contributed by atoms with E-state index < -0.39 is 0 Å². The zero-order chi connectivity index (χ0) is 12.8. The van der Waals surface area contributed by atoms with Crippen LogP contribution in [0.25, 0.3) is 0 Å². The lowest BCUT2D eigenvalue weighted by Gasteiger charge is -2.24. The van der Waals surface area contributed by atoms with Gasteiger partial charge in [-0.05, 0) is 37.8 Å². The van der Waals surface area contributed by atoms with Crippen LogP contribution in [-0.4, -0.2) is 35.4 Å². The van der Waals surface area contributed by atoms with E-state index in [9.17, 15) is 4.79 Å². The number of nitrogens with zero attached hydrogens (tertiary/aromatic N) is 1. The number of rotatable bonds is 6. The van der Waals surface area contributed by atoms with Crippen molar-refractivity contribution in [3.8, 4) is 0 Å². The van der Waals surface area contributed by atoms with Crippen LogP contribution in [-0.2, 0) is 0 Å². The summed E-state index contributed by atoms with van der Waals surface area (Å²) in [4.78, 5) is 14.0. The molecule has 1 rings (SSSR count). The third kappa shape index (κ3) is 3.80. The molecule has 0 aliphatic carbocycles. The summed E-state index contributed by atoms with van der Waals surface area (Å²) < 4.78 is 5.16. The van der Waals surface area contributed by atoms with Crippen LogP contribution in [0.1, 0.15) is 36.4 Å². The van der Waals surface area contributed by atoms with Crippen molar-refractivity contribution in [3.05, 3.63) is 23.7 Å². The largest absolute Gasteiger partial charge is 0.469 e. The highest BCUT2D eigenvalue weighted by Gasteiger charge is 2.20. The normalized spacial score (nSPS) is 12.5. The zero-order valence-corrected chi connectivity index (χ0v) is 11.8. The Bertz CT molecular complexity index is 362. The summed E-state index contributed by atoms with van der Waals surface area (Å²) in [5, 5.41) is 0. The van der Waals surface area contributed by atoms with Crippen molar-refractivity contribution in [2.75, 3.05) is 18.6 Å². The molecule has 1 aromatic rings. The summed E-state index contributed by atoms with van der Waals surface area (Å²) >= 11 is 1.91. The van der Waals surface area contributed by atoms with Gasteiger partial charge in [-0.1, -0.05) is 6.92 Å². The summed E-state index contributed by atoms with van der Waals surface area (Å²) in [6, 6.07) is 2.00. The lowest BCUT2D eigenvalue weighted by Crippen LogP contribution is -2.35. The van der Waals surface area contributed by atoms with Gasteiger partial charge in [0, 0.05) is 13.1 Å². The van der Waals surface area contributed by atoms with Crippen LogP contribution in [0.3, 0.4) is 0 Å². The van der Waals surface area contributed by atoms with Gasteiger partial charge in [0.1, 0.15) is 5.76 Å². The SMILES string of the molecule is CCSCC[C@H](C)N(C)C(=O)c1ccoc1C. The van der Waals surface area contributed by atoms with Gasteiger partial charge in [-0.2, -0.15) is 11.8 Å². The van der Waals surface area contributed by atoms with Crippen LogP contribution < -0.4 is 0 Å². The Kier molecular flexibility index (Phi) is 5.62. The minimum absolute atomic E-state index is 0.0465. The van der Waals surface area contributed by atoms with Crippen molar-refractivity contribution in [2.24, 2.45) is 0 Å². The van der Waals surface area contributed by atoms with E-state index in [-0.39, 0.29) is 11.9 Å². The monoisotopic (exact) mass is 255 g/mol. The Hall–Kier alpha value is -0.900. The average Bonchev–Trinajstić information content (AvgIpc) is 2.73. The molecule has 0 bridgehead atoms. The number of carbonyl (C=O) groups is 1. The van der Waals surface area contributed by atoms with Gasteiger partial charge in [-0.3, -0.25) is 4.79 Å². The Labute approximate surface area is 108 Å². The second-order valence-corrected chi connectivity index (χ2v) is 5.53. The highest BCUT2D eigenvalue weighted by molar-refractivity contribution is 7.99. The number of aryl methyl sites for hydroxylation is 1. The van der Waals surface area contributed by atoms with Crippen LogP contribution in [0.15, 0.2) is 16.7 Å². The van der Waals surface area contributed by atoms with Crippen LogP contribution in [0.5, 0.6) is 0 Å². The van der Waals surface area contributed by atoms with E-state index in [1.54, 1.807) is 17.2 Å². The smallest absolute Gasteiger partial charge is 0.257 e. The van der Waals surface area contributed by atoms with Gasteiger partial charge in [-0.25, -0.2) is 0 Å². The maximum atomic E-state index is 12.2. The predicted octanol–water partition coefficient (Wildman–Crippen LogP) is 3.19. The van der Waals surface area contributed by atoms with Gasteiger partial charge < -0.3 is 9.32 Å². The first kappa shape index (κ1) is 14.2. The van der Waals surface area contributed by atoms with E-state index in [0.717, 1.165) is 17.9 Å². The average molecular weight is 255 g/mol. The number of hydrogen-bond acceptors (Lipinski definition) is 3. The first-order chi connectivity index (χ1) is 8.07. The number of thioether (sulfide) groups is 1. The fourth-order valence-corrected chi connectivity index (χ4v) is 2.39. The van der Waals surface area contributed by atoms with Gasteiger partial charge >= 0.3 is 0 Å². The fourth-order valence-electron chi connectivity index (χ4n) is 1.59. The third-order valence-corrected chi connectivity index (χ3v) is 3.89.